The molecular weight excluding hydrogens is 321 g/mol. The van der Waals surface area contributed by atoms with E-state index in [4.69, 9.17) is 11.6 Å². The lowest BCUT2D eigenvalue weighted by molar-refractivity contribution is 0.102. The number of benzene rings is 2. The highest BCUT2D eigenvalue weighted by Crippen LogP contribution is 2.22. The van der Waals surface area contributed by atoms with E-state index >= 15 is 0 Å². The fourth-order valence-corrected chi connectivity index (χ4v) is 2.25. The topological polar surface area (TPSA) is 72.7 Å². The molecular formula is C15H11ClFN5O. The first-order valence-electron chi connectivity index (χ1n) is 6.65. The predicted octanol–water partition coefficient (Wildman–Crippen LogP) is 3.02. The molecule has 0 unspecified atom stereocenters. The van der Waals surface area contributed by atoms with Crippen molar-refractivity contribution < 1.29 is 9.18 Å². The van der Waals surface area contributed by atoms with Crippen LogP contribution in [0.1, 0.15) is 15.9 Å². The summed E-state index contributed by atoms with van der Waals surface area (Å²) >= 11 is 5.98. The number of nitrogens with one attached hydrogen (secondary N) is 1. The van der Waals surface area contributed by atoms with Gasteiger partial charge in [-0.3, -0.25) is 4.79 Å². The standard InChI is InChI=1S/C15H11ClFN5O/c1-9-2-4-11(17)7-13(9)19-15(23)12-6-10(16)3-5-14(12)22-8-18-20-21-22/h2-8H,1H3,(H,19,23). The highest BCUT2D eigenvalue weighted by atomic mass is 35.5. The molecule has 1 amide bonds. The zero-order valence-corrected chi connectivity index (χ0v) is 12.8. The summed E-state index contributed by atoms with van der Waals surface area (Å²) in [6.45, 7) is 1.77. The first-order valence-corrected chi connectivity index (χ1v) is 7.03. The fraction of sp³-hybridized carbons (Fsp3) is 0.0667. The van der Waals surface area contributed by atoms with Crippen LogP contribution in [0.25, 0.3) is 5.69 Å². The molecule has 0 radical (unpaired) electrons. The lowest BCUT2D eigenvalue weighted by Gasteiger charge is -2.11. The average molecular weight is 332 g/mol. The van der Waals surface area contributed by atoms with E-state index in [-0.39, 0.29) is 5.56 Å². The summed E-state index contributed by atoms with van der Waals surface area (Å²) in [5, 5.41) is 13.9. The molecule has 1 N–H and O–H groups in total. The van der Waals surface area contributed by atoms with Gasteiger partial charge in [0.15, 0.2) is 0 Å². The molecule has 0 aliphatic carbocycles. The molecule has 0 atom stereocenters. The van der Waals surface area contributed by atoms with Gasteiger partial charge < -0.3 is 5.32 Å². The maximum atomic E-state index is 13.4. The summed E-state index contributed by atoms with van der Waals surface area (Å²) in [6.07, 6.45) is 1.37. The quantitative estimate of drug-likeness (QED) is 0.800. The number of tetrazole rings is 1. The van der Waals surface area contributed by atoms with E-state index in [0.29, 0.717) is 16.4 Å². The van der Waals surface area contributed by atoms with Gasteiger partial charge in [-0.2, -0.15) is 4.68 Å². The average Bonchev–Trinajstić information content (AvgIpc) is 3.05. The zero-order valence-electron chi connectivity index (χ0n) is 12.0. The molecule has 1 heterocycles. The van der Waals surface area contributed by atoms with Crippen molar-refractivity contribution in [3.8, 4) is 5.69 Å². The van der Waals surface area contributed by atoms with Gasteiger partial charge in [-0.25, -0.2) is 4.39 Å². The zero-order chi connectivity index (χ0) is 16.4. The van der Waals surface area contributed by atoms with E-state index in [1.54, 1.807) is 25.1 Å². The Morgan fingerprint density at radius 1 is 1.26 bits per heavy atom. The largest absolute Gasteiger partial charge is 0.322 e. The van der Waals surface area contributed by atoms with Crippen molar-refractivity contribution in [2.45, 2.75) is 6.92 Å². The maximum Gasteiger partial charge on any atom is 0.257 e. The summed E-state index contributed by atoms with van der Waals surface area (Å²) in [7, 11) is 0. The molecule has 1 aromatic heterocycles. The minimum atomic E-state index is -0.438. The third-order valence-corrected chi connectivity index (χ3v) is 3.48. The number of nitrogens with zero attached hydrogens (tertiary/aromatic N) is 4. The van der Waals surface area contributed by atoms with E-state index in [2.05, 4.69) is 20.8 Å². The van der Waals surface area contributed by atoms with Crippen LogP contribution in [0.2, 0.25) is 5.02 Å². The Bertz CT molecular complexity index is 866. The van der Waals surface area contributed by atoms with E-state index < -0.39 is 11.7 Å². The second-order valence-corrected chi connectivity index (χ2v) is 5.27. The Morgan fingerprint density at radius 3 is 2.83 bits per heavy atom. The molecule has 0 fully saturated rings. The molecule has 116 valence electrons. The van der Waals surface area contributed by atoms with Crippen LogP contribution in [0.15, 0.2) is 42.7 Å². The molecule has 3 rings (SSSR count). The van der Waals surface area contributed by atoms with Gasteiger partial charge in [0.05, 0.1) is 11.3 Å². The predicted molar refractivity (Wildman–Crippen MR) is 83.3 cm³/mol. The number of carbonyl (C=O) groups excluding carboxylic acids is 1. The number of anilines is 1. The van der Waals surface area contributed by atoms with Crippen LogP contribution < -0.4 is 5.32 Å². The van der Waals surface area contributed by atoms with Crippen molar-refractivity contribution in [2.24, 2.45) is 0 Å². The lowest BCUT2D eigenvalue weighted by Crippen LogP contribution is -2.16. The Balaban J connectivity index is 1.99. The molecule has 0 spiro atoms. The molecule has 0 bridgehead atoms. The summed E-state index contributed by atoms with van der Waals surface area (Å²) in [4.78, 5) is 12.6. The molecule has 0 aliphatic heterocycles. The van der Waals surface area contributed by atoms with Crippen LogP contribution in [-0.2, 0) is 0 Å². The Morgan fingerprint density at radius 2 is 2.09 bits per heavy atom. The number of aryl methyl sites for hydroxylation is 1. The Kier molecular flexibility index (Phi) is 4.03. The van der Waals surface area contributed by atoms with Gasteiger partial charge >= 0.3 is 0 Å². The second-order valence-electron chi connectivity index (χ2n) is 4.83. The van der Waals surface area contributed by atoms with Gasteiger partial charge in [-0.15, -0.1) is 5.10 Å². The molecule has 23 heavy (non-hydrogen) atoms. The van der Waals surface area contributed by atoms with Crippen molar-refractivity contribution in [3.63, 3.8) is 0 Å². The number of halogens is 2. The molecule has 0 saturated heterocycles. The monoisotopic (exact) mass is 331 g/mol. The van der Waals surface area contributed by atoms with Crippen LogP contribution in [0.3, 0.4) is 0 Å². The molecule has 6 nitrogen and oxygen atoms in total. The van der Waals surface area contributed by atoms with E-state index in [1.807, 2.05) is 0 Å². The van der Waals surface area contributed by atoms with Gasteiger partial charge in [0.25, 0.3) is 5.91 Å². The van der Waals surface area contributed by atoms with Crippen molar-refractivity contribution in [1.82, 2.24) is 20.2 Å². The molecule has 8 heteroatoms. The number of hydrogen-bond donors (Lipinski definition) is 1. The number of carbonyl (C=O) groups is 1. The number of amides is 1. The lowest BCUT2D eigenvalue weighted by atomic mass is 10.1. The van der Waals surface area contributed by atoms with Crippen molar-refractivity contribution in [1.29, 1.82) is 0 Å². The smallest absolute Gasteiger partial charge is 0.257 e. The summed E-state index contributed by atoms with van der Waals surface area (Å²) in [5.41, 5.74) is 1.86. The SMILES string of the molecule is Cc1ccc(F)cc1NC(=O)c1cc(Cl)ccc1-n1cnnn1. The Labute approximate surface area is 135 Å². The highest BCUT2D eigenvalue weighted by molar-refractivity contribution is 6.31. The Hall–Kier alpha value is -2.80. The fourth-order valence-electron chi connectivity index (χ4n) is 2.08. The highest BCUT2D eigenvalue weighted by Gasteiger charge is 2.16. The molecule has 3 aromatic rings. The van der Waals surface area contributed by atoms with Gasteiger partial charge in [0, 0.05) is 10.7 Å². The number of hydrogen-bond acceptors (Lipinski definition) is 4. The first-order chi connectivity index (χ1) is 11.0. The van der Waals surface area contributed by atoms with Gasteiger partial charge in [0.2, 0.25) is 0 Å². The molecule has 0 aliphatic rings. The van der Waals surface area contributed by atoms with Crippen molar-refractivity contribution >= 4 is 23.2 Å². The van der Waals surface area contributed by atoms with E-state index in [9.17, 15) is 9.18 Å². The summed E-state index contributed by atoms with van der Waals surface area (Å²) in [5.74, 6) is -0.871. The van der Waals surface area contributed by atoms with Crippen LogP contribution in [0.4, 0.5) is 10.1 Å². The van der Waals surface area contributed by atoms with Crippen molar-refractivity contribution in [2.75, 3.05) is 5.32 Å². The third-order valence-electron chi connectivity index (χ3n) is 3.25. The van der Waals surface area contributed by atoms with Crippen LogP contribution in [0, 0.1) is 12.7 Å². The summed E-state index contributed by atoms with van der Waals surface area (Å²) in [6, 6.07) is 8.94. The van der Waals surface area contributed by atoms with Gasteiger partial charge in [-0.1, -0.05) is 17.7 Å². The van der Waals surface area contributed by atoms with Gasteiger partial charge in [0.1, 0.15) is 12.1 Å². The molecule has 2 aromatic carbocycles. The van der Waals surface area contributed by atoms with E-state index in [0.717, 1.165) is 5.56 Å². The third kappa shape index (κ3) is 3.19. The normalized spacial score (nSPS) is 10.6. The molecule has 0 saturated carbocycles. The minimum absolute atomic E-state index is 0.272. The number of rotatable bonds is 3. The summed E-state index contributed by atoms with van der Waals surface area (Å²) < 4.78 is 14.7. The van der Waals surface area contributed by atoms with Crippen LogP contribution in [0.5, 0.6) is 0 Å². The van der Waals surface area contributed by atoms with Crippen molar-refractivity contribution in [3.05, 3.63) is 64.7 Å². The number of aromatic nitrogens is 4. The van der Waals surface area contributed by atoms with Gasteiger partial charge in [-0.05, 0) is 53.2 Å². The maximum absolute atomic E-state index is 13.4. The minimum Gasteiger partial charge on any atom is -0.322 e. The first kappa shape index (κ1) is 15.1. The van der Waals surface area contributed by atoms with E-state index in [1.165, 1.54) is 29.2 Å². The van der Waals surface area contributed by atoms with Crippen LogP contribution in [-0.4, -0.2) is 26.1 Å². The van der Waals surface area contributed by atoms with Crippen LogP contribution >= 0.6 is 11.6 Å². The second kappa shape index (κ2) is 6.13.